The first-order valence-electron chi connectivity index (χ1n) is 6.55. The summed E-state index contributed by atoms with van der Waals surface area (Å²) in [5.41, 5.74) is 7.25. The molecule has 0 aliphatic carbocycles. The van der Waals surface area contributed by atoms with E-state index in [0.29, 0.717) is 5.92 Å². The van der Waals surface area contributed by atoms with Crippen molar-refractivity contribution in [2.75, 3.05) is 7.05 Å². The first kappa shape index (κ1) is 16.4. The largest absolute Gasteiger partial charge is 0.333 e. The third-order valence-corrected chi connectivity index (χ3v) is 2.60. The number of rotatable bonds is 2. The molecule has 0 atom stereocenters. The maximum Gasteiger partial charge on any atom is 0.00610 e. The minimum atomic E-state index is 0.484. The molecule has 1 nitrogen and oxygen atoms in total. The first-order valence-corrected chi connectivity index (χ1v) is 6.55. The molecule has 0 saturated heterocycles. The molecule has 18 heavy (non-hydrogen) atoms. The Kier molecular flexibility index (Phi) is 9.61. The number of hydrogen-bond acceptors (Lipinski definition) is 1. The Labute approximate surface area is 112 Å². The Morgan fingerprint density at radius 3 is 1.22 bits per heavy atom. The minimum Gasteiger partial charge on any atom is -0.333 e. The Morgan fingerprint density at radius 1 is 0.667 bits per heavy atom. The van der Waals surface area contributed by atoms with Gasteiger partial charge in [-0.15, -0.1) is 0 Å². The summed E-state index contributed by atoms with van der Waals surface area (Å²) in [7, 11) is 1.50. The highest BCUT2D eigenvalue weighted by atomic mass is 14.4. The van der Waals surface area contributed by atoms with E-state index in [4.69, 9.17) is 0 Å². The first-order chi connectivity index (χ1) is 8.88. The topological polar surface area (TPSA) is 26.0 Å². The van der Waals surface area contributed by atoms with Crippen molar-refractivity contribution >= 4 is 0 Å². The second kappa shape index (κ2) is 10.5. The van der Waals surface area contributed by atoms with Gasteiger partial charge in [0, 0.05) is 5.92 Å². The molecule has 2 N–H and O–H groups in total. The van der Waals surface area contributed by atoms with Gasteiger partial charge in [0.05, 0.1) is 0 Å². The van der Waals surface area contributed by atoms with E-state index in [1.165, 1.54) is 18.2 Å². The van der Waals surface area contributed by atoms with Gasteiger partial charge in [0.1, 0.15) is 0 Å². The third-order valence-electron chi connectivity index (χ3n) is 2.60. The van der Waals surface area contributed by atoms with Crippen LogP contribution in [0.1, 0.15) is 37.8 Å². The van der Waals surface area contributed by atoms with Crippen molar-refractivity contribution in [1.82, 2.24) is 0 Å². The number of benzene rings is 2. The normalized spacial score (nSPS) is 8.78. The van der Waals surface area contributed by atoms with Crippen LogP contribution in [-0.4, -0.2) is 7.05 Å². The van der Waals surface area contributed by atoms with Gasteiger partial charge in [-0.1, -0.05) is 81.4 Å². The van der Waals surface area contributed by atoms with E-state index < -0.39 is 0 Å². The lowest BCUT2D eigenvalue weighted by atomic mass is 9.93. The molecular formula is C17H25N. The predicted octanol–water partition coefficient (Wildman–Crippen LogP) is 4.44. The van der Waals surface area contributed by atoms with E-state index in [9.17, 15) is 0 Å². The molecule has 0 aliphatic heterocycles. The van der Waals surface area contributed by atoms with Crippen LogP contribution in [0.25, 0.3) is 0 Å². The Morgan fingerprint density at radius 2 is 0.944 bits per heavy atom. The Balaban J connectivity index is 0.000000659. The Hall–Kier alpha value is -1.60. The molecule has 0 bridgehead atoms. The minimum absolute atomic E-state index is 0.484. The van der Waals surface area contributed by atoms with Crippen molar-refractivity contribution in [2.24, 2.45) is 5.73 Å². The van der Waals surface area contributed by atoms with Crippen LogP contribution in [0.4, 0.5) is 0 Å². The highest BCUT2D eigenvalue weighted by molar-refractivity contribution is 5.31. The van der Waals surface area contributed by atoms with Gasteiger partial charge in [0.15, 0.2) is 0 Å². The quantitative estimate of drug-likeness (QED) is 0.829. The second-order valence-corrected chi connectivity index (χ2v) is 3.54. The second-order valence-electron chi connectivity index (χ2n) is 3.54. The maximum absolute atomic E-state index is 4.50. The average molecular weight is 243 g/mol. The third kappa shape index (κ3) is 5.15. The van der Waals surface area contributed by atoms with Crippen LogP contribution in [0.3, 0.4) is 0 Å². The van der Waals surface area contributed by atoms with E-state index in [0.717, 1.165) is 0 Å². The summed E-state index contributed by atoms with van der Waals surface area (Å²) in [6, 6.07) is 21.2. The molecule has 1 heteroatoms. The molecule has 0 aliphatic rings. The molecule has 0 unspecified atom stereocenters. The van der Waals surface area contributed by atoms with Gasteiger partial charge in [-0.2, -0.15) is 0 Å². The van der Waals surface area contributed by atoms with Crippen molar-refractivity contribution in [3.05, 3.63) is 71.8 Å². The van der Waals surface area contributed by atoms with Gasteiger partial charge in [-0.3, -0.25) is 0 Å². The van der Waals surface area contributed by atoms with Gasteiger partial charge >= 0.3 is 0 Å². The summed E-state index contributed by atoms with van der Waals surface area (Å²) in [6.07, 6.45) is 0. The van der Waals surface area contributed by atoms with Crippen LogP contribution >= 0.6 is 0 Å². The fraction of sp³-hybridized carbons (Fsp3) is 0.294. The monoisotopic (exact) mass is 243 g/mol. The Bertz CT molecular complexity index is 341. The molecule has 0 radical (unpaired) electrons. The van der Waals surface area contributed by atoms with Gasteiger partial charge in [-0.25, -0.2) is 0 Å². The van der Waals surface area contributed by atoms with Crippen LogP contribution < -0.4 is 5.73 Å². The molecule has 0 heterocycles. The van der Waals surface area contributed by atoms with Crippen molar-refractivity contribution in [2.45, 2.75) is 26.7 Å². The zero-order valence-electron chi connectivity index (χ0n) is 11.9. The molecule has 2 rings (SSSR count). The molecule has 2 aromatic rings. The lowest BCUT2D eigenvalue weighted by Crippen LogP contribution is -1.94. The van der Waals surface area contributed by atoms with E-state index in [1.807, 2.05) is 13.8 Å². The van der Waals surface area contributed by atoms with Crippen molar-refractivity contribution in [3.8, 4) is 0 Å². The van der Waals surface area contributed by atoms with E-state index in [1.54, 1.807) is 0 Å². The van der Waals surface area contributed by atoms with Crippen LogP contribution in [0.2, 0.25) is 0 Å². The zero-order chi connectivity index (χ0) is 13.8. The number of hydrogen-bond donors (Lipinski definition) is 1. The van der Waals surface area contributed by atoms with Crippen LogP contribution in [0.15, 0.2) is 60.7 Å². The van der Waals surface area contributed by atoms with E-state index >= 15 is 0 Å². The van der Waals surface area contributed by atoms with Crippen molar-refractivity contribution in [3.63, 3.8) is 0 Å². The van der Waals surface area contributed by atoms with Gasteiger partial charge in [-0.05, 0) is 18.2 Å². The molecule has 2 aromatic carbocycles. The summed E-state index contributed by atoms with van der Waals surface area (Å²) in [4.78, 5) is 0. The van der Waals surface area contributed by atoms with Crippen LogP contribution in [-0.2, 0) is 0 Å². The zero-order valence-corrected chi connectivity index (χ0v) is 11.9. The molecular weight excluding hydrogens is 218 g/mol. The maximum atomic E-state index is 4.50. The molecule has 0 aromatic heterocycles. The van der Waals surface area contributed by atoms with E-state index in [-0.39, 0.29) is 0 Å². The summed E-state index contributed by atoms with van der Waals surface area (Å²) >= 11 is 0. The summed E-state index contributed by atoms with van der Waals surface area (Å²) in [6.45, 7) is 6.24. The van der Waals surface area contributed by atoms with E-state index in [2.05, 4.69) is 73.3 Å². The summed E-state index contributed by atoms with van der Waals surface area (Å²) in [5.74, 6) is 0.484. The van der Waals surface area contributed by atoms with Gasteiger partial charge < -0.3 is 5.73 Å². The highest BCUT2D eigenvalue weighted by Gasteiger charge is 2.05. The number of nitrogens with two attached hydrogens (primary N) is 1. The molecule has 0 spiro atoms. The fourth-order valence-corrected chi connectivity index (χ4v) is 1.68. The van der Waals surface area contributed by atoms with Gasteiger partial charge in [0.25, 0.3) is 0 Å². The highest BCUT2D eigenvalue weighted by Crippen LogP contribution is 2.22. The standard InChI is InChI=1S/C14H14.C2H6.CH5N/c1-12(13-8-4-2-5-9-13)14-10-6-3-7-11-14;2*1-2/h2-12H,1H3;1-2H3;2H2,1H3. The smallest absolute Gasteiger partial charge is 0.00610 e. The predicted molar refractivity (Wildman–Crippen MR) is 81.9 cm³/mol. The lowest BCUT2D eigenvalue weighted by Gasteiger charge is -2.11. The van der Waals surface area contributed by atoms with Gasteiger partial charge in [0.2, 0.25) is 0 Å². The SMILES string of the molecule is CC.CC(c1ccccc1)c1ccccc1.CN. The lowest BCUT2D eigenvalue weighted by molar-refractivity contribution is 0.922. The summed E-state index contributed by atoms with van der Waals surface area (Å²) in [5, 5.41) is 0. The summed E-state index contributed by atoms with van der Waals surface area (Å²) < 4.78 is 0. The molecule has 98 valence electrons. The van der Waals surface area contributed by atoms with Crippen molar-refractivity contribution < 1.29 is 0 Å². The van der Waals surface area contributed by atoms with Crippen LogP contribution in [0, 0.1) is 0 Å². The molecule has 0 amide bonds. The molecule has 0 saturated carbocycles. The molecule has 0 fully saturated rings. The van der Waals surface area contributed by atoms with Crippen molar-refractivity contribution in [1.29, 1.82) is 0 Å². The van der Waals surface area contributed by atoms with Crippen LogP contribution in [0.5, 0.6) is 0 Å². The average Bonchev–Trinajstić information content (AvgIpc) is 2.52. The fourth-order valence-electron chi connectivity index (χ4n) is 1.68.